The lowest BCUT2D eigenvalue weighted by molar-refractivity contribution is 0.621. The summed E-state index contributed by atoms with van der Waals surface area (Å²) in [5.41, 5.74) is 8.66. The van der Waals surface area contributed by atoms with Crippen molar-refractivity contribution in [3.8, 4) is 0 Å². The molecule has 0 aliphatic carbocycles. The lowest BCUT2D eigenvalue weighted by atomic mass is 9.91. The van der Waals surface area contributed by atoms with Gasteiger partial charge in [0.2, 0.25) is 0 Å². The van der Waals surface area contributed by atoms with Gasteiger partial charge in [0.05, 0.1) is 0 Å². The van der Waals surface area contributed by atoms with E-state index in [-0.39, 0.29) is 0 Å². The van der Waals surface area contributed by atoms with Crippen LogP contribution in [-0.4, -0.2) is 6.54 Å². The van der Waals surface area contributed by atoms with Crippen molar-refractivity contribution in [1.29, 1.82) is 0 Å². The molecule has 0 spiro atoms. The maximum absolute atomic E-state index is 5.81. The van der Waals surface area contributed by atoms with Gasteiger partial charge in [0.1, 0.15) is 0 Å². The van der Waals surface area contributed by atoms with Gasteiger partial charge in [-0.15, -0.1) is 0 Å². The Morgan fingerprint density at radius 3 is 2.06 bits per heavy atom. The Bertz CT molecular complexity index is 289. The summed E-state index contributed by atoms with van der Waals surface area (Å²) >= 11 is 0. The predicted molar refractivity (Wildman–Crippen MR) is 71.9 cm³/mol. The van der Waals surface area contributed by atoms with Gasteiger partial charge < -0.3 is 5.73 Å². The van der Waals surface area contributed by atoms with Crippen LogP contribution >= 0.6 is 0 Å². The molecule has 0 radical (unpaired) electrons. The maximum Gasteiger partial charge on any atom is -0.000824 e. The van der Waals surface area contributed by atoms with Crippen LogP contribution < -0.4 is 5.73 Å². The molecule has 1 heteroatoms. The van der Waals surface area contributed by atoms with Crippen LogP contribution in [0.1, 0.15) is 63.0 Å². The van der Waals surface area contributed by atoms with E-state index >= 15 is 0 Å². The monoisotopic (exact) mass is 219 g/mol. The Morgan fingerprint density at radius 1 is 1.06 bits per heavy atom. The summed E-state index contributed by atoms with van der Waals surface area (Å²) in [4.78, 5) is 0. The molecule has 2 unspecified atom stereocenters. The van der Waals surface area contributed by atoms with E-state index in [1.165, 1.54) is 30.4 Å². The molecular formula is C15H25N. The molecule has 1 rings (SSSR count). The average molecular weight is 219 g/mol. The number of hydrogen-bond donors (Lipinski definition) is 1. The Kier molecular flexibility index (Phi) is 5.54. The molecular weight excluding hydrogens is 194 g/mol. The van der Waals surface area contributed by atoms with Crippen LogP contribution in [0.3, 0.4) is 0 Å². The van der Waals surface area contributed by atoms with Crippen LogP contribution in [0, 0.1) is 0 Å². The molecule has 0 bridgehead atoms. The van der Waals surface area contributed by atoms with Crippen LogP contribution in [0.25, 0.3) is 0 Å². The van der Waals surface area contributed by atoms with E-state index in [9.17, 15) is 0 Å². The fourth-order valence-electron chi connectivity index (χ4n) is 2.10. The van der Waals surface area contributed by atoms with E-state index < -0.39 is 0 Å². The van der Waals surface area contributed by atoms with E-state index in [1.54, 1.807) is 0 Å². The molecule has 2 N–H and O–H groups in total. The van der Waals surface area contributed by atoms with Crippen molar-refractivity contribution in [2.24, 2.45) is 5.73 Å². The van der Waals surface area contributed by atoms with Crippen LogP contribution in [0.5, 0.6) is 0 Å². The zero-order valence-corrected chi connectivity index (χ0v) is 10.9. The zero-order chi connectivity index (χ0) is 12.0. The molecule has 0 aromatic heterocycles. The van der Waals surface area contributed by atoms with Crippen molar-refractivity contribution in [2.45, 2.75) is 51.9 Å². The van der Waals surface area contributed by atoms with Crippen molar-refractivity contribution in [3.05, 3.63) is 35.4 Å². The second-order valence-electron chi connectivity index (χ2n) is 4.70. The fourth-order valence-corrected chi connectivity index (χ4v) is 2.10. The summed E-state index contributed by atoms with van der Waals surface area (Å²) < 4.78 is 0. The summed E-state index contributed by atoms with van der Waals surface area (Å²) in [6.45, 7) is 7.49. The van der Waals surface area contributed by atoms with Gasteiger partial charge in [0.25, 0.3) is 0 Å². The highest BCUT2D eigenvalue weighted by atomic mass is 14.5. The highest BCUT2D eigenvalue weighted by Gasteiger charge is 2.09. The summed E-state index contributed by atoms with van der Waals surface area (Å²) in [5, 5.41) is 0. The molecule has 0 fully saturated rings. The highest BCUT2D eigenvalue weighted by molar-refractivity contribution is 5.27. The summed E-state index contributed by atoms with van der Waals surface area (Å²) in [5.74, 6) is 1.20. The average Bonchev–Trinajstić information content (AvgIpc) is 2.35. The fraction of sp³-hybridized carbons (Fsp3) is 0.600. The molecule has 1 aromatic rings. The Hall–Kier alpha value is -0.820. The standard InChI is InChI=1S/C15H25N/c1-4-6-15(11-16)14-9-7-13(8-10-14)12(3)5-2/h7-10,12,15H,4-6,11,16H2,1-3H3. The topological polar surface area (TPSA) is 26.0 Å². The van der Waals surface area contributed by atoms with Gasteiger partial charge in [-0.25, -0.2) is 0 Å². The molecule has 0 aliphatic heterocycles. The first-order valence-electron chi connectivity index (χ1n) is 6.52. The summed E-state index contributed by atoms with van der Waals surface area (Å²) in [7, 11) is 0. The SMILES string of the molecule is CCCC(CN)c1ccc(C(C)CC)cc1. The zero-order valence-electron chi connectivity index (χ0n) is 10.9. The maximum atomic E-state index is 5.81. The quantitative estimate of drug-likeness (QED) is 0.767. The van der Waals surface area contributed by atoms with E-state index in [4.69, 9.17) is 5.73 Å². The third-order valence-electron chi connectivity index (χ3n) is 3.51. The minimum Gasteiger partial charge on any atom is -0.330 e. The largest absolute Gasteiger partial charge is 0.330 e. The first kappa shape index (κ1) is 13.2. The lowest BCUT2D eigenvalue weighted by Crippen LogP contribution is -2.12. The van der Waals surface area contributed by atoms with Crippen molar-refractivity contribution >= 4 is 0 Å². The molecule has 0 amide bonds. The van der Waals surface area contributed by atoms with Gasteiger partial charge in [-0.3, -0.25) is 0 Å². The first-order valence-corrected chi connectivity index (χ1v) is 6.52. The molecule has 0 aliphatic rings. The van der Waals surface area contributed by atoms with E-state index in [1.807, 2.05) is 0 Å². The number of hydrogen-bond acceptors (Lipinski definition) is 1. The Morgan fingerprint density at radius 2 is 1.62 bits per heavy atom. The lowest BCUT2D eigenvalue weighted by Gasteiger charge is -2.16. The molecule has 16 heavy (non-hydrogen) atoms. The van der Waals surface area contributed by atoms with Crippen molar-refractivity contribution in [3.63, 3.8) is 0 Å². The third-order valence-corrected chi connectivity index (χ3v) is 3.51. The number of nitrogens with two attached hydrogens (primary N) is 1. The molecule has 0 saturated heterocycles. The molecule has 2 atom stereocenters. The molecule has 90 valence electrons. The van der Waals surface area contributed by atoms with Gasteiger partial charge >= 0.3 is 0 Å². The van der Waals surface area contributed by atoms with Crippen molar-refractivity contribution in [1.82, 2.24) is 0 Å². The minimum atomic E-state index is 0.538. The van der Waals surface area contributed by atoms with Gasteiger partial charge in [-0.2, -0.15) is 0 Å². The van der Waals surface area contributed by atoms with Crippen LogP contribution in [0.2, 0.25) is 0 Å². The normalized spacial score (nSPS) is 14.8. The second kappa shape index (κ2) is 6.70. The van der Waals surface area contributed by atoms with Gasteiger partial charge in [0, 0.05) is 0 Å². The second-order valence-corrected chi connectivity index (χ2v) is 4.70. The number of rotatable bonds is 6. The van der Waals surface area contributed by atoms with Gasteiger partial charge in [0.15, 0.2) is 0 Å². The molecule has 0 heterocycles. The molecule has 0 saturated carbocycles. The predicted octanol–water partition coefficient (Wildman–Crippen LogP) is 4.04. The van der Waals surface area contributed by atoms with E-state index in [0.29, 0.717) is 11.8 Å². The number of benzene rings is 1. The van der Waals surface area contributed by atoms with Crippen LogP contribution in [0.4, 0.5) is 0 Å². The van der Waals surface area contributed by atoms with Crippen LogP contribution in [0.15, 0.2) is 24.3 Å². The molecule has 1 aromatic carbocycles. The summed E-state index contributed by atoms with van der Waals surface area (Å²) in [6, 6.07) is 9.05. The first-order chi connectivity index (χ1) is 7.72. The third kappa shape index (κ3) is 3.34. The minimum absolute atomic E-state index is 0.538. The van der Waals surface area contributed by atoms with E-state index in [2.05, 4.69) is 45.0 Å². The van der Waals surface area contributed by atoms with Crippen molar-refractivity contribution in [2.75, 3.05) is 6.54 Å². The van der Waals surface area contributed by atoms with Crippen LogP contribution in [-0.2, 0) is 0 Å². The van der Waals surface area contributed by atoms with E-state index in [0.717, 1.165) is 6.54 Å². The summed E-state index contributed by atoms with van der Waals surface area (Å²) in [6.07, 6.45) is 3.60. The smallest absolute Gasteiger partial charge is 0.000824 e. The molecule has 1 nitrogen and oxygen atoms in total. The highest BCUT2D eigenvalue weighted by Crippen LogP contribution is 2.24. The Labute approximate surface area is 100 Å². The Balaban J connectivity index is 2.76. The van der Waals surface area contributed by atoms with Gasteiger partial charge in [-0.1, -0.05) is 51.5 Å². The van der Waals surface area contributed by atoms with Gasteiger partial charge in [-0.05, 0) is 42.3 Å². The van der Waals surface area contributed by atoms with Crippen molar-refractivity contribution < 1.29 is 0 Å².